The minimum Gasteiger partial charge on any atom is -0.495 e. The number of methoxy groups -OCH3 is 1. The van der Waals surface area contributed by atoms with Crippen molar-refractivity contribution in [3.05, 3.63) is 22.7 Å². The van der Waals surface area contributed by atoms with E-state index in [0.717, 1.165) is 44.3 Å². The highest BCUT2D eigenvalue weighted by Crippen LogP contribution is 2.31. The van der Waals surface area contributed by atoms with Crippen LogP contribution in [-0.2, 0) is 9.59 Å². The van der Waals surface area contributed by atoms with Crippen molar-refractivity contribution in [2.75, 3.05) is 25.5 Å². The summed E-state index contributed by atoms with van der Waals surface area (Å²) in [7, 11) is 1.51. The first-order valence-corrected chi connectivity index (χ1v) is 8.31. The average molecular weight is 339 g/mol. The molecule has 0 bridgehead atoms. The van der Waals surface area contributed by atoms with E-state index in [2.05, 4.69) is 5.32 Å². The van der Waals surface area contributed by atoms with Crippen molar-refractivity contribution in [1.29, 1.82) is 0 Å². The molecule has 1 aliphatic rings. The number of halogens is 1. The van der Waals surface area contributed by atoms with E-state index in [1.165, 1.54) is 7.11 Å². The summed E-state index contributed by atoms with van der Waals surface area (Å²) in [5.74, 6) is 0.0319. The maximum absolute atomic E-state index is 12.2. The first kappa shape index (κ1) is 17.6. The third-order valence-corrected chi connectivity index (χ3v) is 4.43. The summed E-state index contributed by atoms with van der Waals surface area (Å²) in [6.07, 6.45) is 4.18. The fourth-order valence-corrected chi connectivity index (χ4v) is 2.85. The van der Waals surface area contributed by atoms with E-state index >= 15 is 0 Å². The Labute approximate surface area is 141 Å². The summed E-state index contributed by atoms with van der Waals surface area (Å²) in [6, 6.07) is 3.40. The van der Waals surface area contributed by atoms with Gasteiger partial charge in [-0.3, -0.25) is 9.59 Å². The van der Waals surface area contributed by atoms with Crippen molar-refractivity contribution < 1.29 is 14.3 Å². The van der Waals surface area contributed by atoms with Crippen molar-refractivity contribution in [2.45, 2.75) is 39.0 Å². The molecule has 5 nitrogen and oxygen atoms in total. The van der Waals surface area contributed by atoms with E-state index in [-0.39, 0.29) is 18.2 Å². The number of ether oxygens (including phenoxy) is 1. The number of anilines is 1. The average Bonchev–Trinajstić information content (AvgIpc) is 2.79. The van der Waals surface area contributed by atoms with Gasteiger partial charge in [-0.05, 0) is 31.4 Å². The molecule has 1 fully saturated rings. The number of rotatable bonds is 4. The Bertz CT molecular complexity index is 581. The van der Waals surface area contributed by atoms with Crippen LogP contribution in [-0.4, -0.2) is 36.9 Å². The number of aryl methyl sites for hydroxylation is 1. The van der Waals surface area contributed by atoms with Crippen LogP contribution in [0.1, 0.15) is 37.7 Å². The molecular weight excluding hydrogens is 316 g/mol. The minimum atomic E-state index is -0.334. The van der Waals surface area contributed by atoms with Gasteiger partial charge < -0.3 is 15.0 Å². The van der Waals surface area contributed by atoms with Crippen molar-refractivity contribution in [2.24, 2.45) is 0 Å². The number of carbonyl (C=O) groups is 2. The first-order valence-electron chi connectivity index (χ1n) is 7.93. The maximum Gasteiger partial charge on any atom is 0.233 e. The van der Waals surface area contributed by atoms with Crippen LogP contribution >= 0.6 is 11.6 Å². The van der Waals surface area contributed by atoms with Gasteiger partial charge in [0.15, 0.2) is 0 Å². The molecule has 0 atom stereocenters. The van der Waals surface area contributed by atoms with Gasteiger partial charge in [0.1, 0.15) is 12.2 Å². The smallest absolute Gasteiger partial charge is 0.233 e. The fraction of sp³-hybridized carbons (Fsp3) is 0.529. The molecule has 0 aromatic heterocycles. The summed E-state index contributed by atoms with van der Waals surface area (Å²) in [6.45, 7) is 3.34. The van der Waals surface area contributed by atoms with Crippen LogP contribution in [0.25, 0.3) is 0 Å². The van der Waals surface area contributed by atoms with E-state index < -0.39 is 0 Å². The normalized spacial score (nSPS) is 15.0. The lowest BCUT2D eigenvalue weighted by atomic mass is 10.2. The number of amides is 2. The van der Waals surface area contributed by atoms with Gasteiger partial charge in [-0.15, -0.1) is 0 Å². The molecule has 1 N–H and O–H groups in total. The molecule has 1 heterocycles. The molecule has 1 aliphatic heterocycles. The lowest BCUT2D eigenvalue weighted by Crippen LogP contribution is -2.34. The Morgan fingerprint density at radius 1 is 1.22 bits per heavy atom. The minimum absolute atomic E-state index is 0.117. The van der Waals surface area contributed by atoms with Gasteiger partial charge in [0.05, 0.1) is 12.8 Å². The molecule has 0 spiro atoms. The van der Waals surface area contributed by atoms with E-state index in [9.17, 15) is 9.59 Å². The van der Waals surface area contributed by atoms with Crippen LogP contribution in [0.2, 0.25) is 5.02 Å². The molecule has 0 unspecified atom stereocenters. The molecule has 2 amide bonds. The molecule has 6 heteroatoms. The summed E-state index contributed by atoms with van der Waals surface area (Å²) < 4.78 is 5.23. The first-order chi connectivity index (χ1) is 11.0. The summed E-state index contributed by atoms with van der Waals surface area (Å²) >= 11 is 6.05. The van der Waals surface area contributed by atoms with Crippen molar-refractivity contribution in [1.82, 2.24) is 4.90 Å². The second-order valence-electron chi connectivity index (χ2n) is 5.82. The molecule has 2 rings (SSSR count). The third kappa shape index (κ3) is 4.86. The van der Waals surface area contributed by atoms with Gasteiger partial charge in [0.2, 0.25) is 11.8 Å². The zero-order valence-electron chi connectivity index (χ0n) is 13.7. The van der Waals surface area contributed by atoms with E-state index in [4.69, 9.17) is 16.3 Å². The van der Waals surface area contributed by atoms with Gasteiger partial charge >= 0.3 is 0 Å². The highest BCUT2D eigenvalue weighted by Gasteiger charge is 2.19. The van der Waals surface area contributed by atoms with Crippen LogP contribution in [0.15, 0.2) is 12.1 Å². The second kappa shape index (κ2) is 8.20. The predicted molar refractivity (Wildman–Crippen MR) is 91.0 cm³/mol. The van der Waals surface area contributed by atoms with Gasteiger partial charge in [0.25, 0.3) is 0 Å². The van der Waals surface area contributed by atoms with Crippen LogP contribution < -0.4 is 10.1 Å². The summed E-state index contributed by atoms with van der Waals surface area (Å²) in [5, 5.41) is 3.31. The Morgan fingerprint density at radius 2 is 1.87 bits per heavy atom. The molecule has 0 saturated carbocycles. The Morgan fingerprint density at radius 3 is 2.48 bits per heavy atom. The largest absolute Gasteiger partial charge is 0.495 e. The van der Waals surface area contributed by atoms with Crippen LogP contribution in [0.4, 0.5) is 5.69 Å². The topological polar surface area (TPSA) is 58.6 Å². The molecule has 1 saturated heterocycles. The molecule has 0 radical (unpaired) electrons. The molecule has 0 aliphatic carbocycles. The Kier molecular flexibility index (Phi) is 6.28. The standard InChI is InChI=1S/C17H23ClN2O3/c1-12-9-14(15(23-2)10-13(12)18)19-16(21)11-17(22)20-7-5-3-4-6-8-20/h9-10H,3-8,11H2,1-2H3,(H,19,21). The number of likely N-dealkylation sites (tertiary alicyclic amines) is 1. The van der Waals surface area contributed by atoms with Gasteiger partial charge in [-0.25, -0.2) is 0 Å². The predicted octanol–water partition coefficient (Wildman–Crippen LogP) is 3.39. The third-order valence-electron chi connectivity index (χ3n) is 4.03. The Hall–Kier alpha value is -1.75. The van der Waals surface area contributed by atoms with Gasteiger partial charge in [-0.1, -0.05) is 24.4 Å². The molecule has 23 heavy (non-hydrogen) atoms. The summed E-state index contributed by atoms with van der Waals surface area (Å²) in [5.41, 5.74) is 1.37. The van der Waals surface area contributed by atoms with E-state index in [0.29, 0.717) is 16.5 Å². The summed E-state index contributed by atoms with van der Waals surface area (Å²) in [4.78, 5) is 26.2. The fourth-order valence-electron chi connectivity index (χ4n) is 2.69. The molecular formula is C17H23ClN2O3. The van der Waals surface area contributed by atoms with Gasteiger partial charge in [-0.2, -0.15) is 0 Å². The highest BCUT2D eigenvalue weighted by atomic mass is 35.5. The van der Waals surface area contributed by atoms with Gasteiger partial charge in [0, 0.05) is 24.2 Å². The van der Waals surface area contributed by atoms with Crippen molar-refractivity contribution in [3.63, 3.8) is 0 Å². The number of benzene rings is 1. The quantitative estimate of drug-likeness (QED) is 0.856. The number of hydrogen-bond donors (Lipinski definition) is 1. The molecule has 1 aromatic rings. The number of nitrogens with zero attached hydrogens (tertiary/aromatic N) is 1. The van der Waals surface area contributed by atoms with E-state index in [1.807, 2.05) is 6.92 Å². The lowest BCUT2D eigenvalue weighted by Gasteiger charge is -2.20. The van der Waals surface area contributed by atoms with Crippen LogP contribution in [0, 0.1) is 6.92 Å². The van der Waals surface area contributed by atoms with Crippen molar-refractivity contribution in [3.8, 4) is 5.75 Å². The van der Waals surface area contributed by atoms with Crippen LogP contribution in [0.5, 0.6) is 5.75 Å². The van der Waals surface area contributed by atoms with Crippen molar-refractivity contribution >= 4 is 29.1 Å². The number of carbonyl (C=O) groups excluding carboxylic acids is 2. The number of hydrogen-bond acceptors (Lipinski definition) is 3. The zero-order valence-corrected chi connectivity index (χ0v) is 14.4. The van der Waals surface area contributed by atoms with Crippen LogP contribution in [0.3, 0.4) is 0 Å². The molecule has 1 aromatic carbocycles. The monoisotopic (exact) mass is 338 g/mol. The van der Waals surface area contributed by atoms with E-state index in [1.54, 1.807) is 17.0 Å². The highest BCUT2D eigenvalue weighted by molar-refractivity contribution is 6.31. The zero-order chi connectivity index (χ0) is 16.8. The second-order valence-corrected chi connectivity index (χ2v) is 6.23. The Balaban J connectivity index is 1.99. The number of nitrogens with one attached hydrogen (secondary N) is 1. The lowest BCUT2D eigenvalue weighted by molar-refractivity contribution is -0.134. The molecule has 126 valence electrons. The maximum atomic E-state index is 12.2. The SMILES string of the molecule is COc1cc(Cl)c(C)cc1NC(=O)CC(=O)N1CCCCCC1.